The van der Waals surface area contributed by atoms with E-state index in [0.29, 0.717) is 19.5 Å². The molecule has 2 rings (SSSR count). The number of hydrogen-bond acceptors (Lipinski definition) is 3. The fraction of sp³-hybridized carbons (Fsp3) is 0.333. The van der Waals surface area contributed by atoms with Gasteiger partial charge in [-0.15, -0.1) is 0 Å². The van der Waals surface area contributed by atoms with Crippen molar-refractivity contribution in [3.8, 4) is 0 Å². The van der Waals surface area contributed by atoms with E-state index in [2.05, 4.69) is 26.2 Å². The summed E-state index contributed by atoms with van der Waals surface area (Å²) in [6, 6.07) is 3.89. The van der Waals surface area contributed by atoms with Crippen LogP contribution in [-0.2, 0) is 11.3 Å². The van der Waals surface area contributed by atoms with Gasteiger partial charge < -0.3 is 14.8 Å². The first-order valence-electron chi connectivity index (χ1n) is 5.71. The average molecular weight is 312 g/mol. The zero-order valence-corrected chi connectivity index (χ0v) is 11.4. The summed E-state index contributed by atoms with van der Waals surface area (Å²) < 4.78 is 3.01. The summed E-state index contributed by atoms with van der Waals surface area (Å²) in [7, 11) is 0. The van der Waals surface area contributed by atoms with Crippen LogP contribution in [0, 0.1) is 0 Å². The molecule has 0 spiro atoms. The lowest BCUT2D eigenvalue weighted by Gasteiger charge is -2.04. The van der Waals surface area contributed by atoms with Crippen LogP contribution in [0.15, 0.2) is 29.0 Å². The highest BCUT2D eigenvalue weighted by molar-refractivity contribution is 9.10. The second kappa shape index (κ2) is 5.97. The summed E-state index contributed by atoms with van der Waals surface area (Å²) >= 11 is 3.43. The van der Waals surface area contributed by atoms with Gasteiger partial charge in [-0.05, 0) is 41.0 Å². The Labute approximate surface area is 113 Å². The standard InChI is InChI=1S/C12H14BrN3O2/c13-9-3-4-11-15-7-10(16(11)8-9)6-14-5-1-2-12(17)18/h3-4,7-8,14H,1-2,5-6H2,(H,17,18). The molecule has 18 heavy (non-hydrogen) atoms. The van der Waals surface area contributed by atoms with E-state index in [0.717, 1.165) is 15.8 Å². The number of aromatic nitrogens is 2. The fourth-order valence-corrected chi connectivity index (χ4v) is 2.05. The molecule has 0 aliphatic heterocycles. The van der Waals surface area contributed by atoms with Crippen LogP contribution >= 0.6 is 15.9 Å². The summed E-state index contributed by atoms with van der Waals surface area (Å²) in [5, 5.41) is 11.7. The lowest BCUT2D eigenvalue weighted by atomic mass is 10.3. The summed E-state index contributed by atoms with van der Waals surface area (Å²) in [6.45, 7) is 1.37. The van der Waals surface area contributed by atoms with E-state index < -0.39 is 5.97 Å². The van der Waals surface area contributed by atoms with Gasteiger partial charge in [-0.25, -0.2) is 4.98 Å². The zero-order valence-electron chi connectivity index (χ0n) is 9.77. The van der Waals surface area contributed by atoms with Crippen LogP contribution in [0.5, 0.6) is 0 Å². The highest BCUT2D eigenvalue weighted by Crippen LogP contribution is 2.13. The van der Waals surface area contributed by atoms with Crippen molar-refractivity contribution in [3.05, 3.63) is 34.7 Å². The number of rotatable bonds is 6. The molecular formula is C12H14BrN3O2. The number of carboxylic acid groups (broad SMARTS) is 1. The lowest BCUT2D eigenvalue weighted by Crippen LogP contribution is -2.16. The molecule has 0 aromatic carbocycles. The van der Waals surface area contributed by atoms with E-state index in [9.17, 15) is 4.79 Å². The van der Waals surface area contributed by atoms with E-state index in [-0.39, 0.29) is 6.42 Å². The third-order valence-electron chi connectivity index (χ3n) is 2.60. The molecule has 0 bridgehead atoms. The Morgan fingerprint density at radius 3 is 3.11 bits per heavy atom. The maximum Gasteiger partial charge on any atom is 0.303 e. The molecule has 2 aromatic rings. The fourth-order valence-electron chi connectivity index (χ4n) is 1.72. The van der Waals surface area contributed by atoms with Gasteiger partial charge in [-0.3, -0.25) is 4.79 Å². The van der Waals surface area contributed by atoms with Gasteiger partial charge in [0.1, 0.15) is 5.65 Å². The number of imidazole rings is 1. The van der Waals surface area contributed by atoms with E-state index in [1.165, 1.54) is 0 Å². The van der Waals surface area contributed by atoms with E-state index in [1.54, 1.807) is 0 Å². The predicted molar refractivity (Wildman–Crippen MR) is 71.5 cm³/mol. The second-order valence-corrected chi connectivity index (χ2v) is 4.91. The Bertz CT molecular complexity index is 553. The minimum atomic E-state index is -0.754. The molecular weight excluding hydrogens is 298 g/mol. The monoisotopic (exact) mass is 311 g/mol. The number of hydrogen-bond donors (Lipinski definition) is 2. The first-order chi connectivity index (χ1) is 8.66. The summed E-state index contributed by atoms with van der Waals surface area (Å²) in [4.78, 5) is 14.7. The van der Waals surface area contributed by atoms with Gasteiger partial charge in [0.2, 0.25) is 0 Å². The molecule has 6 heteroatoms. The van der Waals surface area contributed by atoms with Crippen LogP contribution < -0.4 is 5.32 Å². The third-order valence-corrected chi connectivity index (χ3v) is 3.07. The molecule has 0 fully saturated rings. The number of nitrogens with zero attached hydrogens (tertiary/aromatic N) is 2. The predicted octanol–water partition coefficient (Wildman–Crippen LogP) is 2.05. The Morgan fingerprint density at radius 1 is 1.50 bits per heavy atom. The van der Waals surface area contributed by atoms with Crippen molar-refractivity contribution in [2.45, 2.75) is 19.4 Å². The number of fused-ring (bicyclic) bond motifs is 1. The number of nitrogens with one attached hydrogen (secondary N) is 1. The van der Waals surface area contributed by atoms with Gasteiger partial charge >= 0.3 is 5.97 Å². The van der Waals surface area contributed by atoms with Gasteiger partial charge in [-0.2, -0.15) is 0 Å². The molecule has 0 saturated heterocycles. The van der Waals surface area contributed by atoms with Crippen molar-refractivity contribution in [3.63, 3.8) is 0 Å². The molecule has 2 aromatic heterocycles. The van der Waals surface area contributed by atoms with Crippen LogP contribution in [0.1, 0.15) is 18.5 Å². The number of halogens is 1. The third kappa shape index (κ3) is 3.30. The van der Waals surface area contributed by atoms with E-state index >= 15 is 0 Å². The smallest absolute Gasteiger partial charge is 0.303 e. The molecule has 0 amide bonds. The number of carbonyl (C=O) groups is 1. The minimum Gasteiger partial charge on any atom is -0.481 e. The van der Waals surface area contributed by atoms with Crippen molar-refractivity contribution in [2.24, 2.45) is 0 Å². The van der Waals surface area contributed by atoms with Gasteiger partial charge in [0.15, 0.2) is 0 Å². The molecule has 5 nitrogen and oxygen atoms in total. The van der Waals surface area contributed by atoms with Gasteiger partial charge in [0.25, 0.3) is 0 Å². The molecule has 0 aliphatic carbocycles. The van der Waals surface area contributed by atoms with Crippen LogP contribution in [-0.4, -0.2) is 27.0 Å². The highest BCUT2D eigenvalue weighted by Gasteiger charge is 2.03. The first kappa shape index (κ1) is 13.0. The quantitative estimate of drug-likeness (QED) is 0.801. The molecule has 0 radical (unpaired) electrons. The van der Waals surface area contributed by atoms with E-state index in [4.69, 9.17) is 5.11 Å². The Kier molecular flexibility index (Phi) is 4.33. The number of carboxylic acids is 1. The van der Waals surface area contributed by atoms with Gasteiger partial charge in [-0.1, -0.05) is 0 Å². The number of pyridine rings is 1. The first-order valence-corrected chi connectivity index (χ1v) is 6.50. The van der Waals surface area contributed by atoms with Crippen molar-refractivity contribution in [1.29, 1.82) is 0 Å². The largest absolute Gasteiger partial charge is 0.481 e. The highest BCUT2D eigenvalue weighted by atomic mass is 79.9. The van der Waals surface area contributed by atoms with Crippen molar-refractivity contribution in [1.82, 2.24) is 14.7 Å². The van der Waals surface area contributed by atoms with Crippen molar-refractivity contribution in [2.75, 3.05) is 6.54 Å². The number of aliphatic carboxylic acids is 1. The molecule has 0 unspecified atom stereocenters. The van der Waals surface area contributed by atoms with Crippen LogP contribution in [0.3, 0.4) is 0 Å². The Hall–Kier alpha value is -1.40. The summed E-state index contributed by atoms with van der Waals surface area (Å²) in [6.07, 6.45) is 4.63. The molecule has 0 saturated carbocycles. The SMILES string of the molecule is O=C(O)CCCNCc1cnc2ccc(Br)cn12. The van der Waals surface area contributed by atoms with Crippen LogP contribution in [0.4, 0.5) is 0 Å². The molecule has 96 valence electrons. The topological polar surface area (TPSA) is 66.6 Å². The minimum absolute atomic E-state index is 0.200. The van der Waals surface area contributed by atoms with Gasteiger partial charge in [0.05, 0.1) is 11.9 Å². The average Bonchev–Trinajstić information content (AvgIpc) is 2.71. The van der Waals surface area contributed by atoms with Gasteiger partial charge in [0, 0.05) is 23.6 Å². The van der Waals surface area contributed by atoms with Crippen LogP contribution in [0.2, 0.25) is 0 Å². The zero-order chi connectivity index (χ0) is 13.0. The maximum atomic E-state index is 10.4. The summed E-state index contributed by atoms with van der Waals surface area (Å²) in [5.74, 6) is -0.754. The molecule has 0 aliphatic rings. The summed E-state index contributed by atoms with van der Waals surface area (Å²) in [5.41, 5.74) is 1.96. The maximum absolute atomic E-state index is 10.4. The second-order valence-electron chi connectivity index (χ2n) is 4.00. The molecule has 2 N–H and O–H groups in total. The van der Waals surface area contributed by atoms with Crippen LogP contribution in [0.25, 0.3) is 5.65 Å². The van der Waals surface area contributed by atoms with Crippen molar-refractivity contribution >= 4 is 27.5 Å². The lowest BCUT2D eigenvalue weighted by molar-refractivity contribution is -0.137. The normalized spacial score (nSPS) is 10.9. The molecule has 2 heterocycles. The molecule has 0 atom stereocenters. The Balaban J connectivity index is 1.91. The Morgan fingerprint density at radius 2 is 2.33 bits per heavy atom. The van der Waals surface area contributed by atoms with Crippen molar-refractivity contribution < 1.29 is 9.90 Å². The van der Waals surface area contributed by atoms with E-state index in [1.807, 2.05) is 28.9 Å².